The van der Waals surface area contributed by atoms with Crippen LogP contribution in [0.15, 0.2) is 29.5 Å². The predicted octanol–water partition coefficient (Wildman–Crippen LogP) is 4.88. The van der Waals surface area contributed by atoms with Gasteiger partial charge in [0.15, 0.2) is 0 Å². The average molecular weight is 180 g/mol. The minimum Gasteiger partial charge on any atom is -0.121 e. The molecule has 0 N–H and O–H groups in total. The SMILES string of the molecule is CC.CC.CCCCC1=CC=C=C1. The van der Waals surface area contributed by atoms with Gasteiger partial charge >= 0.3 is 0 Å². The molecule has 0 aromatic rings. The number of rotatable bonds is 3. The van der Waals surface area contributed by atoms with Gasteiger partial charge in [-0.2, -0.15) is 0 Å². The highest BCUT2D eigenvalue weighted by atomic mass is 14.0. The molecule has 1 rings (SSSR count). The highest BCUT2D eigenvalue weighted by Gasteiger charge is 1.91. The monoisotopic (exact) mass is 180 g/mol. The van der Waals surface area contributed by atoms with Crippen molar-refractivity contribution < 1.29 is 0 Å². The van der Waals surface area contributed by atoms with E-state index in [4.69, 9.17) is 0 Å². The van der Waals surface area contributed by atoms with E-state index in [2.05, 4.69) is 24.8 Å². The quantitative estimate of drug-likeness (QED) is 0.543. The molecule has 0 heterocycles. The van der Waals surface area contributed by atoms with E-state index < -0.39 is 0 Å². The standard InChI is InChI=1S/C9H12.2C2H6/c1-2-3-6-9-7-4-5-8-9;2*1-2/h4,7-8H,2-3,6H2,1H3;2*1-2H3. The van der Waals surface area contributed by atoms with E-state index in [1.165, 1.54) is 24.8 Å². The normalized spacial score (nSPS) is 11.0. The van der Waals surface area contributed by atoms with Crippen LogP contribution in [0.25, 0.3) is 0 Å². The second-order valence-electron chi connectivity index (χ2n) is 2.32. The van der Waals surface area contributed by atoms with E-state index in [-0.39, 0.29) is 0 Å². The van der Waals surface area contributed by atoms with Gasteiger partial charge in [-0.05, 0) is 30.6 Å². The van der Waals surface area contributed by atoms with Crippen LogP contribution >= 0.6 is 0 Å². The van der Waals surface area contributed by atoms with Crippen molar-refractivity contribution in [1.82, 2.24) is 0 Å². The first kappa shape index (κ1) is 14.8. The molecule has 0 unspecified atom stereocenters. The minimum absolute atomic E-state index is 1.22. The topological polar surface area (TPSA) is 0 Å². The van der Waals surface area contributed by atoms with E-state index in [1.54, 1.807) is 0 Å². The highest BCUT2D eigenvalue weighted by molar-refractivity contribution is 5.29. The van der Waals surface area contributed by atoms with Gasteiger partial charge in [-0.1, -0.05) is 47.1 Å². The summed E-state index contributed by atoms with van der Waals surface area (Å²) in [5.74, 6) is 0. The third-order valence-corrected chi connectivity index (χ3v) is 1.48. The molecule has 0 heteroatoms. The van der Waals surface area contributed by atoms with E-state index in [0.717, 1.165) is 0 Å². The summed E-state index contributed by atoms with van der Waals surface area (Å²) in [6, 6.07) is 0. The summed E-state index contributed by atoms with van der Waals surface area (Å²) in [4.78, 5) is 0. The molecular formula is C13H24. The fourth-order valence-electron chi connectivity index (χ4n) is 0.895. The first-order valence-electron chi connectivity index (χ1n) is 5.55. The minimum atomic E-state index is 1.22. The maximum atomic E-state index is 3.04. The summed E-state index contributed by atoms with van der Waals surface area (Å²) in [6.07, 6.45) is 9.99. The Kier molecular flexibility index (Phi) is 15.7. The molecule has 0 aliphatic heterocycles. The van der Waals surface area contributed by atoms with Crippen LogP contribution in [0.2, 0.25) is 0 Å². The predicted molar refractivity (Wildman–Crippen MR) is 63.0 cm³/mol. The zero-order valence-electron chi connectivity index (χ0n) is 9.85. The van der Waals surface area contributed by atoms with Crippen molar-refractivity contribution in [3.63, 3.8) is 0 Å². The molecule has 0 atom stereocenters. The maximum absolute atomic E-state index is 3.04. The van der Waals surface area contributed by atoms with Gasteiger partial charge in [0.2, 0.25) is 0 Å². The Bertz CT molecular complexity index is 166. The molecule has 0 nitrogen and oxygen atoms in total. The molecule has 76 valence electrons. The molecule has 0 radical (unpaired) electrons. The first-order valence-corrected chi connectivity index (χ1v) is 5.55. The molecule has 0 bridgehead atoms. The zero-order valence-corrected chi connectivity index (χ0v) is 9.85. The summed E-state index contributed by atoms with van der Waals surface area (Å²) in [6.45, 7) is 10.2. The van der Waals surface area contributed by atoms with Crippen molar-refractivity contribution in [3.05, 3.63) is 29.5 Å². The second kappa shape index (κ2) is 13.8. The average Bonchev–Trinajstić information content (AvgIpc) is 2.73. The van der Waals surface area contributed by atoms with Gasteiger partial charge in [-0.3, -0.25) is 0 Å². The lowest BCUT2D eigenvalue weighted by molar-refractivity contribution is 0.799. The molecule has 0 aromatic heterocycles. The highest BCUT2D eigenvalue weighted by Crippen LogP contribution is 2.10. The third-order valence-electron chi connectivity index (χ3n) is 1.48. The van der Waals surface area contributed by atoms with Crippen molar-refractivity contribution in [2.45, 2.75) is 53.9 Å². The summed E-state index contributed by atoms with van der Waals surface area (Å²) in [7, 11) is 0. The molecule has 0 aromatic carbocycles. The van der Waals surface area contributed by atoms with Gasteiger partial charge in [0, 0.05) is 0 Å². The molecule has 0 amide bonds. The van der Waals surface area contributed by atoms with Crippen LogP contribution in [0.4, 0.5) is 0 Å². The number of hydrogen-bond acceptors (Lipinski definition) is 0. The summed E-state index contributed by atoms with van der Waals surface area (Å²) in [5, 5.41) is 0. The van der Waals surface area contributed by atoms with Crippen LogP contribution in [0.3, 0.4) is 0 Å². The summed E-state index contributed by atoms with van der Waals surface area (Å²) >= 11 is 0. The Hall–Kier alpha value is -0.740. The molecule has 0 spiro atoms. The molecule has 1 aliphatic carbocycles. The van der Waals surface area contributed by atoms with Gasteiger partial charge < -0.3 is 0 Å². The van der Waals surface area contributed by atoms with Gasteiger partial charge in [-0.15, -0.1) is 5.73 Å². The Labute approximate surface area is 84.1 Å². The molecule has 0 saturated carbocycles. The lowest BCUT2D eigenvalue weighted by atomic mass is 10.1. The lowest BCUT2D eigenvalue weighted by Gasteiger charge is -1.93. The summed E-state index contributed by atoms with van der Waals surface area (Å²) < 4.78 is 0. The van der Waals surface area contributed by atoms with Crippen LogP contribution in [0.5, 0.6) is 0 Å². The lowest BCUT2D eigenvalue weighted by Crippen LogP contribution is -1.74. The molecule has 1 aliphatic rings. The second-order valence-corrected chi connectivity index (χ2v) is 2.32. The van der Waals surface area contributed by atoms with E-state index in [0.29, 0.717) is 0 Å². The van der Waals surface area contributed by atoms with Gasteiger partial charge in [0.1, 0.15) is 0 Å². The Morgan fingerprint density at radius 1 is 1.15 bits per heavy atom. The van der Waals surface area contributed by atoms with E-state index in [9.17, 15) is 0 Å². The van der Waals surface area contributed by atoms with Crippen molar-refractivity contribution >= 4 is 0 Å². The Morgan fingerprint density at radius 2 is 1.77 bits per heavy atom. The molecule has 0 fully saturated rings. The fourth-order valence-corrected chi connectivity index (χ4v) is 0.895. The van der Waals surface area contributed by atoms with Gasteiger partial charge in [0.25, 0.3) is 0 Å². The van der Waals surface area contributed by atoms with Crippen LogP contribution in [0.1, 0.15) is 53.9 Å². The Morgan fingerprint density at radius 3 is 2.15 bits per heavy atom. The number of unbranched alkanes of at least 4 members (excludes halogenated alkanes) is 1. The van der Waals surface area contributed by atoms with Crippen LogP contribution in [-0.4, -0.2) is 0 Å². The van der Waals surface area contributed by atoms with Crippen molar-refractivity contribution in [3.8, 4) is 0 Å². The third kappa shape index (κ3) is 9.17. The van der Waals surface area contributed by atoms with Crippen molar-refractivity contribution in [1.29, 1.82) is 0 Å². The fraction of sp³-hybridized carbons (Fsp3) is 0.615. The van der Waals surface area contributed by atoms with Crippen LogP contribution in [-0.2, 0) is 0 Å². The maximum Gasteiger partial charge on any atom is -0.0167 e. The number of hydrogen-bond donors (Lipinski definition) is 0. The summed E-state index contributed by atoms with van der Waals surface area (Å²) in [5.41, 5.74) is 4.47. The molecule has 0 saturated heterocycles. The molecular weight excluding hydrogens is 156 g/mol. The van der Waals surface area contributed by atoms with Crippen molar-refractivity contribution in [2.75, 3.05) is 0 Å². The van der Waals surface area contributed by atoms with Crippen LogP contribution < -0.4 is 0 Å². The first-order chi connectivity index (χ1) is 6.43. The number of allylic oxidation sites excluding steroid dienone is 3. The Balaban J connectivity index is 0. The smallest absolute Gasteiger partial charge is 0.0167 e. The van der Waals surface area contributed by atoms with Gasteiger partial charge in [0.05, 0.1) is 0 Å². The van der Waals surface area contributed by atoms with E-state index in [1.807, 2.05) is 33.8 Å². The van der Waals surface area contributed by atoms with Crippen molar-refractivity contribution in [2.24, 2.45) is 0 Å². The zero-order chi connectivity index (χ0) is 10.5. The van der Waals surface area contributed by atoms with Gasteiger partial charge in [-0.25, -0.2) is 0 Å². The molecule has 13 heavy (non-hydrogen) atoms. The van der Waals surface area contributed by atoms with E-state index >= 15 is 0 Å². The largest absolute Gasteiger partial charge is 0.121 e. The van der Waals surface area contributed by atoms with Crippen LogP contribution in [0, 0.1) is 0 Å².